The van der Waals surface area contributed by atoms with Gasteiger partial charge in [-0.3, -0.25) is 0 Å². The van der Waals surface area contributed by atoms with Crippen molar-refractivity contribution in [2.75, 3.05) is 0 Å². The number of aromatic nitrogens is 1. The van der Waals surface area contributed by atoms with Gasteiger partial charge in [0.25, 0.3) is 0 Å². The Morgan fingerprint density at radius 3 is 2.53 bits per heavy atom. The first kappa shape index (κ1) is 12.1. The minimum absolute atomic E-state index is 0.396. The molecule has 0 saturated heterocycles. The Morgan fingerprint density at radius 2 is 2.07 bits per heavy atom. The maximum absolute atomic E-state index is 5.71. The van der Waals surface area contributed by atoms with Crippen LogP contribution in [-0.4, -0.2) is 11.0 Å². The summed E-state index contributed by atoms with van der Waals surface area (Å²) in [7, 11) is 0. The monoisotopic (exact) mass is 224 g/mol. The lowest BCUT2D eigenvalue weighted by atomic mass is 10.1. The third kappa shape index (κ3) is 3.56. The predicted molar refractivity (Wildman–Crippen MR) is 65.7 cm³/mol. The Kier molecular flexibility index (Phi) is 4.15. The Morgan fingerprint density at radius 1 is 1.40 bits per heavy atom. The summed E-state index contributed by atoms with van der Waals surface area (Å²) in [6.07, 6.45) is 1.73. The topological polar surface area (TPSA) is 24.9 Å². The van der Waals surface area contributed by atoms with Crippen molar-refractivity contribution in [1.82, 2.24) is 10.3 Å². The van der Waals surface area contributed by atoms with Gasteiger partial charge in [-0.1, -0.05) is 32.0 Å². The number of pyridine rings is 1. The molecule has 0 spiro atoms. The lowest BCUT2D eigenvalue weighted by Gasteiger charge is -2.20. The van der Waals surface area contributed by atoms with Gasteiger partial charge >= 0.3 is 0 Å². The summed E-state index contributed by atoms with van der Waals surface area (Å²) in [4.78, 5) is 4.02. The van der Waals surface area contributed by atoms with Gasteiger partial charge in [0.05, 0.1) is 0 Å². The lowest BCUT2D eigenvalue weighted by Crippen LogP contribution is -2.29. The second-order valence-corrected chi connectivity index (χ2v) is 4.41. The smallest absolute Gasteiger partial charge is 0.129 e. The van der Waals surface area contributed by atoms with E-state index in [9.17, 15) is 0 Å². The summed E-state index contributed by atoms with van der Waals surface area (Å²) in [5, 5.41) is 3.84. The molecule has 1 aromatic heterocycles. The lowest BCUT2D eigenvalue weighted by molar-refractivity contribution is 0.481. The summed E-state index contributed by atoms with van der Waals surface area (Å²) in [5.41, 5.74) is 1.87. The largest absolute Gasteiger partial charge is 0.382 e. The molecule has 0 saturated carbocycles. The van der Waals surface area contributed by atoms with Crippen LogP contribution in [0.15, 0.2) is 24.9 Å². The molecule has 1 heterocycles. The molecule has 0 aliphatic carbocycles. The maximum atomic E-state index is 5.71. The van der Waals surface area contributed by atoms with Crippen molar-refractivity contribution in [2.24, 2.45) is 5.92 Å². The first-order valence-corrected chi connectivity index (χ1v) is 5.46. The van der Waals surface area contributed by atoms with E-state index in [1.165, 1.54) is 0 Å². The van der Waals surface area contributed by atoms with Crippen molar-refractivity contribution in [3.05, 3.63) is 35.6 Å². The Labute approximate surface area is 96.4 Å². The molecule has 82 valence electrons. The van der Waals surface area contributed by atoms with Crippen LogP contribution in [0.3, 0.4) is 0 Å². The minimum Gasteiger partial charge on any atom is -0.382 e. The van der Waals surface area contributed by atoms with E-state index in [2.05, 4.69) is 37.7 Å². The fourth-order valence-corrected chi connectivity index (χ4v) is 1.19. The molecule has 1 aromatic rings. The number of hydrogen-bond acceptors (Lipinski definition) is 2. The van der Waals surface area contributed by atoms with Crippen LogP contribution >= 0.6 is 11.6 Å². The molecule has 3 heteroatoms. The van der Waals surface area contributed by atoms with Gasteiger partial charge < -0.3 is 5.32 Å². The van der Waals surface area contributed by atoms with Crippen LogP contribution in [0.1, 0.15) is 26.3 Å². The van der Waals surface area contributed by atoms with Crippen LogP contribution in [0.25, 0.3) is 5.70 Å². The average Bonchev–Trinajstić information content (AvgIpc) is 2.18. The maximum Gasteiger partial charge on any atom is 0.129 e. The zero-order valence-corrected chi connectivity index (χ0v) is 10.2. The number of rotatable bonds is 4. The fourth-order valence-electron chi connectivity index (χ4n) is 1.08. The molecule has 0 unspecified atom stereocenters. The van der Waals surface area contributed by atoms with Crippen molar-refractivity contribution in [3.63, 3.8) is 0 Å². The number of halogens is 1. The fraction of sp³-hybridized carbons (Fsp3) is 0.417. The van der Waals surface area contributed by atoms with E-state index >= 15 is 0 Å². The van der Waals surface area contributed by atoms with Crippen molar-refractivity contribution in [3.8, 4) is 0 Å². The van der Waals surface area contributed by atoms with Crippen LogP contribution in [0.2, 0.25) is 5.15 Å². The van der Waals surface area contributed by atoms with Crippen LogP contribution in [0.5, 0.6) is 0 Å². The van der Waals surface area contributed by atoms with E-state index in [-0.39, 0.29) is 0 Å². The molecule has 0 amide bonds. The molecule has 1 rings (SSSR count). The summed E-state index contributed by atoms with van der Waals surface area (Å²) >= 11 is 5.71. The highest BCUT2D eigenvalue weighted by molar-refractivity contribution is 6.29. The highest BCUT2D eigenvalue weighted by Crippen LogP contribution is 2.13. The highest BCUT2D eigenvalue weighted by atomic mass is 35.5. The zero-order chi connectivity index (χ0) is 11.4. The number of nitrogens with one attached hydrogen (secondary N) is 1. The molecule has 1 N–H and O–H groups in total. The molecule has 2 nitrogen and oxygen atoms in total. The molecular formula is C12H17ClN2. The van der Waals surface area contributed by atoms with Crippen molar-refractivity contribution in [1.29, 1.82) is 0 Å². The van der Waals surface area contributed by atoms with Crippen LogP contribution in [0, 0.1) is 5.92 Å². The third-order valence-electron chi connectivity index (χ3n) is 2.48. The number of nitrogens with zero attached hydrogens (tertiary/aromatic N) is 1. The van der Waals surface area contributed by atoms with E-state index in [4.69, 9.17) is 11.6 Å². The van der Waals surface area contributed by atoms with Crippen LogP contribution in [-0.2, 0) is 0 Å². The van der Waals surface area contributed by atoms with Gasteiger partial charge in [0, 0.05) is 23.5 Å². The van der Waals surface area contributed by atoms with Crippen molar-refractivity contribution < 1.29 is 0 Å². The van der Waals surface area contributed by atoms with Gasteiger partial charge in [-0.15, -0.1) is 0 Å². The normalized spacial score (nSPS) is 12.6. The van der Waals surface area contributed by atoms with Gasteiger partial charge in [-0.2, -0.15) is 0 Å². The second kappa shape index (κ2) is 5.17. The molecular weight excluding hydrogens is 208 g/mol. The van der Waals surface area contributed by atoms with E-state index in [0.717, 1.165) is 11.3 Å². The summed E-state index contributed by atoms with van der Waals surface area (Å²) in [6, 6.07) is 4.08. The second-order valence-electron chi connectivity index (χ2n) is 4.03. The average molecular weight is 225 g/mol. The van der Waals surface area contributed by atoms with Crippen molar-refractivity contribution in [2.45, 2.75) is 26.8 Å². The quantitative estimate of drug-likeness (QED) is 0.794. The number of hydrogen-bond donors (Lipinski definition) is 1. The molecule has 0 aromatic carbocycles. The molecule has 15 heavy (non-hydrogen) atoms. The zero-order valence-electron chi connectivity index (χ0n) is 9.42. The van der Waals surface area contributed by atoms with Gasteiger partial charge in [0.2, 0.25) is 0 Å². The molecule has 0 aliphatic rings. The van der Waals surface area contributed by atoms with E-state index in [0.29, 0.717) is 17.1 Å². The third-order valence-corrected chi connectivity index (χ3v) is 2.70. The predicted octanol–water partition coefficient (Wildman–Crippen LogP) is 3.34. The van der Waals surface area contributed by atoms with Crippen LogP contribution in [0.4, 0.5) is 0 Å². The molecule has 0 aliphatic heterocycles. The van der Waals surface area contributed by atoms with E-state index < -0.39 is 0 Å². The van der Waals surface area contributed by atoms with Crippen LogP contribution < -0.4 is 5.32 Å². The highest BCUT2D eigenvalue weighted by Gasteiger charge is 2.08. The summed E-state index contributed by atoms with van der Waals surface area (Å²) in [6.45, 7) is 10.5. The van der Waals surface area contributed by atoms with Gasteiger partial charge in [0.1, 0.15) is 5.15 Å². The molecule has 0 radical (unpaired) electrons. The molecule has 0 fully saturated rings. The standard InChI is InChI=1S/C12H17ClN2/c1-8(2)9(3)15-10(4)11-5-6-12(13)14-7-11/h5-9,15H,4H2,1-3H3/t9-/m1/s1. The van der Waals surface area contributed by atoms with Crippen molar-refractivity contribution >= 4 is 17.3 Å². The Bertz CT molecular complexity index is 330. The van der Waals surface area contributed by atoms with Gasteiger partial charge in [-0.05, 0) is 25.0 Å². The SMILES string of the molecule is C=C(N[C@H](C)C(C)C)c1ccc(Cl)nc1. The van der Waals surface area contributed by atoms with E-state index in [1.54, 1.807) is 12.3 Å². The molecule has 1 atom stereocenters. The first-order valence-electron chi connectivity index (χ1n) is 5.08. The summed E-state index contributed by atoms with van der Waals surface area (Å²) < 4.78 is 0. The molecule has 0 bridgehead atoms. The Balaban J connectivity index is 2.65. The van der Waals surface area contributed by atoms with Gasteiger partial charge in [0.15, 0.2) is 0 Å². The summed E-state index contributed by atoms with van der Waals surface area (Å²) in [5.74, 6) is 0.571. The minimum atomic E-state index is 0.396. The first-order chi connectivity index (χ1) is 7.00. The van der Waals surface area contributed by atoms with Gasteiger partial charge in [-0.25, -0.2) is 4.98 Å². The Hall–Kier alpha value is -1.02. The van der Waals surface area contributed by atoms with E-state index in [1.807, 2.05) is 6.07 Å².